The first-order valence-electron chi connectivity index (χ1n) is 10.0. The molecule has 9 heteroatoms. The first-order valence-corrected chi connectivity index (χ1v) is 11.5. The molecule has 0 spiro atoms. The number of hydrogen-bond acceptors (Lipinski definition) is 6. The van der Waals surface area contributed by atoms with Crippen molar-refractivity contribution in [1.82, 2.24) is 15.1 Å². The zero-order valence-electron chi connectivity index (χ0n) is 18.1. The molecule has 32 heavy (non-hydrogen) atoms. The molecule has 0 aliphatic heterocycles. The number of hydrogen-bond donors (Lipinski definition) is 1. The van der Waals surface area contributed by atoms with Gasteiger partial charge < -0.3 is 10.1 Å². The van der Waals surface area contributed by atoms with Gasteiger partial charge >= 0.3 is 0 Å². The molecule has 0 unspecified atom stereocenters. The summed E-state index contributed by atoms with van der Waals surface area (Å²) < 4.78 is 31.8. The highest BCUT2D eigenvalue weighted by molar-refractivity contribution is 7.91. The zero-order chi connectivity index (χ0) is 23.3. The van der Waals surface area contributed by atoms with Crippen molar-refractivity contribution < 1.29 is 17.9 Å². The molecule has 3 aromatic rings. The second-order valence-corrected chi connectivity index (χ2v) is 9.42. The number of nitrogens with zero attached hydrogens (tertiary/aromatic N) is 2. The lowest BCUT2D eigenvalue weighted by Crippen LogP contribution is -2.33. The molecule has 3 rings (SSSR count). The molecule has 8 nitrogen and oxygen atoms in total. The summed E-state index contributed by atoms with van der Waals surface area (Å²) in [6, 6.07) is 15.9. The third kappa shape index (κ3) is 5.42. The number of methoxy groups -OCH3 is 1. The van der Waals surface area contributed by atoms with Crippen LogP contribution in [0.15, 0.2) is 75.4 Å². The topological polar surface area (TPSA) is 107 Å². The van der Waals surface area contributed by atoms with Crippen molar-refractivity contribution in [3.05, 3.63) is 82.1 Å². The first kappa shape index (κ1) is 23.2. The maximum atomic E-state index is 12.9. The summed E-state index contributed by atoms with van der Waals surface area (Å²) in [4.78, 5) is 24.5. The lowest BCUT2D eigenvalue weighted by Gasteiger charge is -2.10. The molecule has 1 amide bonds. The van der Waals surface area contributed by atoms with Crippen molar-refractivity contribution in [3.8, 4) is 5.75 Å². The highest BCUT2D eigenvalue weighted by atomic mass is 32.2. The number of nitrogens with one attached hydrogen (secondary N) is 1. The third-order valence-electron chi connectivity index (χ3n) is 4.92. The molecule has 0 bridgehead atoms. The Morgan fingerprint density at radius 1 is 1.03 bits per heavy atom. The summed E-state index contributed by atoms with van der Waals surface area (Å²) in [6.45, 7) is 3.88. The molecule has 0 saturated carbocycles. The molecular formula is C23H25N3O5S. The number of carbonyl (C=O) groups is 1. The van der Waals surface area contributed by atoms with Crippen LogP contribution in [0.25, 0.3) is 0 Å². The van der Waals surface area contributed by atoms with E-state index in [4.69, 9.17) is 4.74 Å². The van der Waals surface area contributed by atoms with Crippen LogP contribution < -0.4 is 15.6 Å². The number of rotatable bonds is 8. The minimum absolute atomic E-state index is 0.0727. The van der Waals surface area contributed by atoms with E-state index in [2.05, 4.69) is 10.4 Å². The number of ether oxygens (including phenoxy) is 1. The van der Waals surface area contributed by atoms with Crippen LogP contribution in [-0.4, -0.2) is 31.2 Å². The van der Waals surface area contributed by atoms with Gasteiger partial charge in [0.1, 0.15) is 12.3 Å². The Morgan fingerprint density at radius 3 is 2.28 bits per heavy atom. The molecule has 0 atom stereocenters. The number of benzene rings is 2. The van der Waals surface area contributed by atoms with Crippen molar-refractivity contribution >= 4 is 15.7 Å². The Kier molecular flexibility index (Phi) is 7.09. The average Bonchev–Trinajstić information content (AvgIpc) is 2.79. The van der Waals surface area contributed by atoms with Crippen LogP contribution in [-0.2, 0) is 27.7 Å². The molecule has 1 N–H and O–H groups in total. The van der Waals surface area contributed by atoms with Gasteiger partial charge in [0, 0.05) is 12.6 Å². The Bertz CT molecular complexity index is 1250. The summed E-state index contributed by atoms with van der Waals surface area (Å²) in [6.07, 6.45) is 0. The van der Waals surface area contributed by atoms with Crippen LogP contribution in [0.1, 0.15) is 30.9 Å². The molecular weight excluding hydrogens is 430 g/mol. The van der Waals surface area contributed by atoms with Crippen molar-refractivity contribution in [3.63, 3.8) is 0 Å². The molecule has 0 fully saturated rings. The van der Waals surface area contributed by atoms with E-state index in [0.29, 0.717) is 5.75 Å². The molecule has 1 aromatic heterocycles. The van der Waals surface area contributed by atoms with Gasteiger partial charge in [0.25, 0.3) is 5.56 Å². The summed E-state index contributed by atoms with van der Waals surface area (Å²) in [5, 5.41) is 6.33. The molecule has 2 aromatic carbocycles. The van der Waals surface area contributed by atoms with Crippen LogP contribution in [0.4, 0.5) is 0 Å². The van der Waals surface area contributed by atoms with Crippen molar-refractivity contribution in [2.45, 2.75) is 42.8 Å². The quantitative estimate of drug-likeness (QED) is 0.559. The summed E-state index contributed by atoms with van der Waals surface area (Å²) in [5.41, 5.74) is 1.29. The zero-order valence-corrected chi connectivity index (χ0v) is 18.9. The Labute approximate surface area is 186 Å². The fourth-order valence-electron chi connectivity index (χ4n) is 2.98. The maximum absolute atomic E-state index is 12.9. The van der Waals surface area contributed by atoms with Crippen molar-refractivity contribution in [1.29, 1.82) is 0 Å². The van der Waals surface area contributed by atoms with Crippen LogP contribution in [0.3, 0.4) is 0 Å². The maximum Gasteiger partial charge on any atom is 0.267 e. The van der Waals surface area contributed by atoms with E-state index in [9.17, 15) is 18.0 Å². The number of amides is 1. The van der Waals surface area contributed by atoms with Gasteiger partial charge in [0.2, 0.25) is 15.7 Å². The van der Waals surface area contributed by atoms with Gasteiger partial charge in [0.05, 0.1) is 12.0 Å². The molecule has 168 valence electrons. The van der Waals surface area contributed by atoms with Gasteiger partial charge in [-0.2, -0.15) is 5.10 Å². The fourth-order valence-corrected chi connectivity index (χ4v) is 4.16. The van der Waals surface area contributed by atoms with Crippen LogP contribution in [0.5, 0.6) is 5.75 Å². The minimum atomic E-state index is -3.93. The molecule has 0 aliphatic rings. The van der Waals surface area contributed by atoms with Crippen LogP contribution in [0.2, 0.25) is 0 Å². The van der Waals surface area contributed by atoms with E-state index in [1.54, 1.807) is 43.5 Å². The molecule has 0 aliphatic carbocycles. The molecule has 1 heterocycles. The number of sulfone groups is 1. The average molecular weight is 456 g/mol. The highest BCUT2D eigenvalue weighted by Gasteiger charge is 2.21. The van der Waals surface area contributed by atoms with E-state index < -0.39 is 27.8 Å². The predicted octanol–water partition coefficient (Wildman–Crippen LogP) is 2.52. The second kappa shape index (κ2) is 9.78. The second-order valence-electron chi connectivity index (χ2n) is 7.52. The van der Waals surface area contributed by atoms with Gasteiger partial charge in [-0.15, -0.1) is 0 Å². The number of carbonyl (C=O) groups excluding carboxylic acids is 1. The van der Waals surface area contributed by atoms with Gasteiger partial charge in [0.15, 0.2) is 5.03 Å². The van der Waals surface area contributed by atoms with Gasteiger partial charge in [-0.25, -0.2) is 13.1 Å². The van der Waals surface area contributed by atoms with E-state index in [1.165, 1.54) is 12.1 Å². The predicted molar refractivity (Wildman–Crippen MR) is 119 cm³/mol. The van der Waals surface area contributed by atoms with Crippen LogP contribution >= 0.6 is 0 Å². The van der Waals surface area contributed by atoms with Crippen molar-refractivity contribution in [2.75, 3.05) is 7.11 Å². The standard InChI is InChI=1S/C23H25N3O5S/c1-16(2)18-6-10-20(11-7-18)32(29,30)22-12-13-23(28)26(25-22)15-21(27)24-14-17-4-8-19(31-3)9-5-17/h4-13,16H,14-15H2,1-3H3,(H,24,27). The third-order valence-corrected chi connectivity index (χ3v) is 6.58. The van der Waals surface area contributed by atoms with E-state index in [0.717, 1.165) is 27.9 Å². The molecule has 0 saturated heterocycles. The van der Waals surface area contributed by atoms with Gasteiger partial charge in [-0.1, -0.05) is 38.1 Å². The first-order chi connectivity index (χ1) is 15.2. The van der Waals surface area contributed by atoms with E-state index >= 15 is 0 Å². The van der Waals surface area contributed by atoms with E-state index in [1.807, 2.05) is 13.8 Å². The largest absolute Gasteiger partial charge is 0.497 e. The van der Waals surface area contributed by atoms with E-state index in [-0.39, 0.29) is 22.4 Å². The SMILES string of the molecule is COc1ccc(CNC(=O)Cn2nc(S(=O)(=O)c3ccc(C(C)C)cc3)ccc2=O)cc1. The Balaban J connectivity index is 1.74. The van der Waals surface area contributed by atoms with Gasteiger partial charge in [-0.05, 0) is 47.4 Å². The molecule has 0 radical (unpaired) electrons. The Morgan fingerprint density at radius 2 is 1.69 bits per heavy atom. The summed E-state index contributed by atoms with van der Waals surface area (Å²) in [5.74, 6) is 0.502. The lowest BCUT2D eigenvalue weighted by molar-refractivity contribution is -0.122. The normalized spacial score (nSPS) is 11.4. The van der Waals surface area contributed by atoms with Crippen LogP contribution in [0, 0.1) is 0 Å². The number of aromatic nitrogens is 2. The summed E-state index contributed by atoms with van der Waals surface area (Å²) >= 11 is 0. The highest BCUT2D eigenvalue weighted by Crippen LogP contribution is 2.21. The smallest absolute Gasteiger partial charge is 0.267 e. The van der Waals surface area contributed by atoms with Gasteiger partial charge in [-0.3, -0.25) is 9.59 Å². The summed E-state index contributed by atoms with van der Waals surface area (Å²) in [7, 11) is -2.37. The fraction of sp³-hybridized carbons (Fsp3) is 0.261. The Hall–Kier alpha value is -3.46. The lowest BCUT2D eigenvalue weighted by atomic mass is 10.0. The van der Waals surface area contributed by atoms with Crippen molar-refractivity contribution in [2.24, 2.45) is 0 Å². The monoisotopic (exact) mass is 455 g/mol. The minimum Gasteiger partial charge on any atom is -0.497 e.